The van der Waals surface area contributed by atoms with Gasteiger partial charge in [-0.2, -0.15) is 0 Å². The minimum Gasteiger partial charge on any atom is -0.457 e. The molecule has 0 radical (unpaired) electrons. The maximum absolute atomic E-state index is 12.3. The second-order valence-electron chi connectivity index (χ2n) is 8.18. The molecule has 4 bridgehead atoms. The summed E-state index contributed by atoms with van der Waals surface area (Å²) >= 11 is 0. The maximum atomic E-state index is 12.3. The normalized spacial score (nSPS) is 65.5. The van der Waals surface area contributed by atoms with Crippen LogP contribution in [0.25, 0.3) is 0 Å². The predicted molar refractivity (Wildman–Crippen MR) is 68.4 cm³/mol. The molecule has 0 aromatic carbocycles. The zero-order valence-electron chi connectivity index (χ0n) is 12.3. The van der Waals surface area contributed by atoms with Gasteiger partial charge in [-0.1, -0.05) is 27.7 Å². The summed E-state index contributed by atoms with van der Waals surface area (Å²) in [7, 11) is 0. The summed E-state index contributed by atoms with van der Waals surface area (Å²) in [5.41, 5.74) is -4.39. The number of hydrogen-bond acceptors (Lipinski definition) is 5. The van der Waals surface area contributed by atoms with Gasteiger partial charge in [0.1, 0.15) is 11.7 Å². The summed E-state index contributed by atoms with van der Waals surface area (Å²) < 4.78 is 5.45. The smallest absolute Gasteiger partial charge is 0.342 e. The SMILES string of the molecule is C[C@H]1[C@@H](O)[C@@]2(O)C(=O)O[C@@H]3[C@@H]4[C@@H](CC4(C)C)[C@@]2(C)[C@@]31O. The van der Waals surface area contributed by atoms with Gasteiger partial charge in [-0.3, -0.25) is 0 Å². The van der Waals surface area contributed by atoms with Crippen molar-refractivity contribution < 1.29 is 24.9 Å². The summed E-state index contributed by atoms with van der Waals surface area (Å²) in [6.45, 7) is 7.67. The van der Waals surface area contributed by atoms with E-state index in [1.165, 1.54) is 0 Å². The van der Waals surface area contributed by atoms with Crippen LogP contribution in [0.5, 0.6) is 0 Å². The molecule has 0 spiro atoms. The number of carbonyl (C=O) groups excluding carboxylic acids is 1. The van der Waals surface area contributed by atoms with E-state index in [2.05, 4.69) is 13.8 Å². The zero-order chi connectivity index (χ0) is 14.9. The largest absolute Gasteiger partial charge is 0.457 e. The van der Waals surface area contributed by atoms with Crippen LogP contribution >= 0.6 is 0 Å². The Morgan fingerprint density at radius 1 is 1.25 bits per heavy atom. The molecule has 3 N–H and O–H groups in total. The quantitative estimate of drug-likeness (QED) is 0.547. The summed E-state index contributed by atoms with van der Waals surface area (Å²) in [6, 6.07) is 0. The fourth-order valence-corrected chi connectivity index (χ4v) is 6.19. The van der Waals surface area contributed by atoms with Crippen molar-refractivity contribution in [3.05, 3.63) is 0 Å². The highest BCUT2D eigenvalue weighted by Gasteiger charge is 2.91. The summed E-state index contributed by atoms with van der Waals surface area (Å²) in [6.07, 6.45) is -1.08. The van der Waals surface area contributed by atoms with Crippen LogP contribution in [0.4, 0.5) is 0 Å². The number of hydrogen-bond donors (Lipinski definition) is 3. The lowest BCUT2D eigenvalue weighted by Crippen LogP contribution is -2.67. The van der Waals surface area contributed by atoms with E-state index < -0.39 is 40.7 Å². The van der Waals surface area contributed by atoms with Crippen LogP contribution in [0.2, 0.25) is 0 Å². The standard InChI is InChI=1S/C15H22O5/c1-6-9(16)15(19)11(17)20-10-8-7(5-12(8,2)3)13(15,4)14(6,10)18/h6-10,16,18-19H,5H2,1-4H3/t6-,7+,8-,9+,10+,13-,14-,15+/m0/s1. The van der Waals surface area contributed by atoms with Crippen LogP contribution in [0.3, 0.4) is 0 Å². The molecule has 5 nitrogen and oxygen atoms in total. The predicted octanol–water partition coefficient (Wildman–Crippen LogP) is 0.0668. The van der Waals surface area contributed by atoms with Crippen LogP contribution in [0.15, 0.2) is 0 Å². The third-order valence-corrected chi connectivity index (χ3v) is 7.35. The molecule has 4 rings (SSSR count). The van der Waals surface area contributed by atoms with Crippen molar-refractivity contribution >= 4 is 5.97 Å². The summed E-state index contributed by atoms with van der Waals surface area (Å²) in [4.78, 5) is 12.3. The van der Waals surface area contributed by atoms with E-state index in [4.69, 9.17) is 4.74 Å². The summed E-state index contributed by atoms with van der Waals surface area (Å²) in [5.74, 6) is -1.30. The summed E-state index contributed by atoms with van der Waals surface area (Å²) in [5, 5.41) is 32.7. The molecule has 0 aromatic rings. The first-order valence-electron chi connectivity index (χ1n) is 7.38. The molecule has 3 saturated carbocycles. The van der Waals surface area contributed by atoms with Gasteiger partial charge in [0.15, 0.2) is 5.60 Å². The van der Waals surface area contributed by atoms with Gasteiger partial charge in [0, 0.05) is 17.3 Å². The van der Waals surface area contributed by atoms with Gasteiger partial charge in [-0.05, 0) is 17.8 Å². The first-order valence-corrected chi connectivity index (χ1v) is 7.38. The molecule has 1 heterocycles. The Hall–Kier alpha value is -0.650. The Kier molecular flexibility index (Phi) is 1.92. The van der Waals surface area contributed by atoms with Crippen molar-refractivity contribution in [1.82, 2.24) is 0 Å². The van der Waals surface area contributed by atoms with Crippen LogP contribution in [-0.2, 0) is 9.53 Å². The molecule has 1 saturated heterocycles. The van der Waals surface area contributed by atoms with Crippen LogP contribution in [-0.4, -0.2) is 44.7 Å². The fourth-order valence-electron chi connectivity index (χ4n) is 6.19. The molecule has 0 aromatic heterocycles. The monoisotopic (exact) mass is 282 g/mol. The van der Waals surface area contributed by atoms with Gasteiger partial charge in [-0.25, -0.2) is 4.79 Å². The second kappa shape index (κ2) is 2.94. The lowest BCUT2D eigenvalue weighted by Gasteiger charge is -2.54. The number of ether oxygens (including phenoxy) is 1. The Bertz CT molecular complexity index is 530. The molecule has 0 unspecified atom stereocenters. The van der Waals surface area contributed by atoms with Crippen molar-refractivity contribution in [1.29, 1.82) is 0 Å². The van der Waals surface area contributed by atoms with Gasteiger partial charge in [-0.15, -0.1) is 0 Å². The number of aliphatic hydroxyl groups excluding tert-OH is 1. The first-order chi connectivity index (χ1) is 9.04. The average molecular weight is 282 g/mol. The van der Waals surface area contributed by atoms with Crippen molar-refractivity contribution in [3.8, 4) is 0 Å². The van der Waals surface area contributed by atoms with Gasteiger partial charge in [0.2, 0.25) is 0 Å². The van der Waals surface area contributed by atoms with Gasteiger partial charge < -0.3 is 20.1 Å². The molecule has 0 amide bonds. The Labute approximate surface area is 117 Å². The number of rotatable bonds is 0. The van der Waals surface area contributed by atoms with E-state index in [0.717, 1.165) is 6.42 Å². The van der Waals surface area contributed by atoms with Crippen molar-refractivity contribution in [2.45, 2.75) is 57.5 Å². The molecular weight excluding hydrogens is 260 g/mol. The minimum atomic E-state index is -1.99. The Morgan fingerprint density at radius 2 is 1.85 bits per heavy atom. The van der Waals surface area contributed by atoms with E-state index in [9.17, 15) is 20.1 Å². The molecule has 4 fully saturated rings. The van der Waals surface area contributed by atoms with Crippen LogP contribution in [0, 0.1) is 28.6 Å². The van der Waals surface area contributed by atoms with Gasteiger partial charge in [0.25, 0.3) is 0 Å². The first kappa shape index (κ1) is 13.0. The van der Waals surface area contributed by atoms with Crippen LogP contribution < -0.4 is 0 Å². The van der Waals surface area contributed by atoms with Gasteiger partial charge in [0.05, 0.1) is 6.10 Å². The topological polar surface area (TPSA) is 87.0 Å². The Balaban J connectivity index is 2.00. The molecule has 112 valence electrons. The molecule has 8 atom stereocenters. The minimum absolute atomic E-state index is 0.00329. The van der Waals surface area contributed by atoms with Crippen molar-refractivity contribution in [2.75, 3.05) is 0 Å². The van der Waals surface area contributed by atoms with E-state index in [1.807, 2.05) is 0 Å². The zero-order valence-corrected chi connectivity index (χ0v) is 12.3. The van der Waals surface area contributed by atoms with E-state index >= 15 is 0 Å². The highest BCUT2D eigenvalue weighted by molar-refractivity contribution is 5.85. The van der Waals surface area contributed by atoms with Crippen LogP contribution in [0.1, 0.15) is 34.1 Å². The highest BCUT2D eigenvalue weighted by atomic mass is 16.6. The molecule has 20 heavy (non-hydrogen) atoms. The number of fused-ring (bicyclic) bond motifs is 2. The number of aliphatic hydroxyl groups is 3. The third kappa shape index (κ3) is 0.839. The molecule has 1 aliphatic heterocycles. The molecular formula is C15H22O5. The fraction of sp³-hybridized carbons (Fsp3) is 0.933. The van der Waals surface area contributed by atoms with E-state index in [-0.39, 0.29) is 17.3 Å². The average Bonchev–Trinajstić information content (AvgIpc) is 2.53. The number of esters is 1. The lowest BCUT2D eigenvalue weighted by molar-refractivity contribution is -0.241. The highest BCUT2D eigenvalue weighted by Crippen LogP contribution is 2.79. The lowest BCUT2D eigenvalue weighted by atomic mass is 9.50. The molecule has 4 aliphatic rings. The third-order valence-electron chi connectivity index (χ3n) is 7.35. The Morgan fingerprint density at radius 3 is 2.40 bits per heavy atom. The molecule has 5 heteroatoms. The number of carbonyl (C=O) groups is 1. The van der Waals surface area contributed by atoms with Gasteiger partial charge >= 0.3 is 5.97 Å². The van der Waals surface area contributed by atoms with E-state index in [1.54, 1.807) is 13.8 Å². The van der Waals surface area contributed by atoms with Crippen molar-refractivity contribution in [3.63, 3.8) is 0 Å². The van der Waals surface area contributed by atoms with E-state index in [0.29, 0.717) is 0 Å². The maximum Gasteiger partial charge on any atom is 0.342 e. The molecule has 3 aliphatic carbocycles. The second-order valence-corrected chi connectivity index (χ2v) is 8.18. The van der Waals surface area contributed by atoms with Crippen molar-refractivity contribution in [2.24, 2.45) is 28.6 Å².